The molecule has 0 aromatic carbocycles. The SMILES string of the molecule is C=CCCCCC(O)C[N+](CCCC)(CCCC)CCCCC(=O)[O-]. The molecule has 0 aromatic rings. The maximum Gasteiger partial charge on any atom is 0.105 e. The maximum atomic E-state index is 10.7. The number of allylic oxidation sites excluding steroid dienone is 1. The Bertz CT molecular complexity index is 336. The van der Waals surface area contributed by atoms with Crippen LogP contribution in [0.3, 0.4) is 0 Å². The number of aliphatic carboxylic acids is 1. The second-order valence-corrected chi connectivity index (χ2v) is 7.46. The first-order valence-electron chi connectivity index (χ1n) is 10.3. The van der Waals surface area contributed by atoms with Crippen molar-refractivity contribution in [3.05, 3.63) is 12.7 Å². The van der Waals surface area contributed by atoms with Crippen molar-refractivity contribution in [2.45, 2.75) is 90.6 Å². The summed E-state index contributed by atoms with van der Waals surface area (Å²) < 4.78 is 0.942. The van der Waals surface area contributed by atoms with E-state index in [1.54, 1.807) is 0 Å². The zero-order valence-electron chi connectivity index (χ0n) is 16.7. The number of carbonyl (C=O) groups is 1. The van der Waals surface area contributed by atoms with E-state index in [0.29, 0.717) is 6.42 Å². The summed E-state index contributed by atoms with van der Waals surface area (Å²) in [6.45, 7) is 12.1. The van der Waals surface area contributed by atoms with E-state index in [1.807, 2.05) is 6.08 Å². The van der Waals surface area contributed by atoms with Crippen LogP contribution in [0, 0.1) is 0 Å². The first-order chi connectivity index (χ1) is 12.0. The molecule has 1 unspecified atom stereocenters. The highest BCUT2D eigenvalue weighted by Gasteiger charge is 2.28. The van der Waals surface area contributed by atoms with Gasteiger partial charge < -0.3 is 19.5 Å². The quantitative estimate of drug-likeness (QED) is 0.233. The van der Waals surface area contributed by atoms with Crippen molar-refractivity contribution in [3.63, 3.8) is 0 Å². The lowest BCUT2D eigenvalue weighted by molar-refractivity contribution is -0.931. The third kappa shape index (κ3) is 13.1. The topological polar surface area (TPSA) is 60.4 Å². The molecule has 0 aliphatic heterocycles. The van der Waals surface area contributed by atoms with Gasteiger partial charge in [-0.1, -0.05) is 39.2 Å². The number of aliphatic hydroxyl groups excluding tert-OH is 1. The van der Waals surface area contributed by atoms with Gasteiger partial charge in [0.05, 0.1) is 19.6 Å². The van der Waals surface area contributed by atoms with Crippen molar-refractivity contribution in [2.75, 3.05) is 26.2 Å². The van der Waals surface area contributed by atoms with Crippen LogP contribution in [0.5, 0.6) is 0 Å². The second kappa shape index (κ2) is 15.4. The molecule has 0 spiro atoms. The lowest BCUT2D eigenvalue weighted by Gasteiger charge is -2.40. The highest BCUT2D eigenvalue weighted by molar-refractivity contribution is 5.64. The summed E-state index contributed by atoms with van der Waals surface area (Å²) in [5.74, 6) is -0.956. The number of carboxylic acid groups (broad SMARTS) is 1. The fourth-order valence-corrected chi connectivity index (χ4v) is 3.52. The van der Waals surface area contributed by atoms with E-state index in [2.05, 4.69) is 20.4 Å². The molecule has 0 aliphatic rings. The molecule has 0 aliphatic carbocycles. The Morgan fingerprint density at radius 1 is 1.04 bits per heavy atom. The maximum absolute atomic E-state index is 10.7. The summed E-state index contributed by atoms with van der Waals surface area (Å²) in [6.07, 6.45) is 12.0. The number of hydrogen-bond donors (Lipinski definition) is 1. The minimum atomic E-state index is -0.956. The number of quaternary nitrogens is 1. The summed E-state index contributed by atoms with van der Waals surface area (Å²) in [7, 11) is 0. The fraction of sp³-hybridized carbons (Fsp3) is 0.857. The lowest BCUT2D eigenvalue weighted by atomic mass is 10.1. The standard InChI is InChI=1S/C21H41NO3/c1-4-7-10-11-14-20(23)19-22(16-8-5-2,17-9-6-3)18-13-12-15-21(24)25/h4,20,23H,1,5-19H2,2-3H3. The molecule has 0 fully saturated rings. The Morgan fingerprint density at radius 2 is 1.64 bits per heavy atom. The zero-order chi connectivity index (χ0) is 19.0. The highest BCUT2D eigenvalue weighted by Crippen LogP contribution is 2.18. The normalized spacial score (nSPS) is 12.9. The first-order valence-corrected chi connectivity index (χ1v) is 10.3. The van der Waals surface area contributed by atoms with Crippen molar-refractivity contribution >= 4 is 5.97 Å². The van der Waals surface area contributed by atoms with Crippen LogP contribution in [-0.4, -0.2) is 47.8 Å². The Balaban J connectivity index is 4.71. The van der Waals surface area contributed by atoms with Gasteiger partial charge in [0.25, 0.3) is 0 Å². The van der Waals surface area contributed by atoms with Crippen molar-refractivity contribution in [2.24, 2.45) is 0 Å². The molecule has 4 heteroatoms. The predicted octanol–water partition coefficient (Wildman–Crippen LogP) is 3.43. The minimum absolute atomic E-state index is 0.145. The molecule has 0 amide bonds. The van der Waals surface area contributed by atoms with Gasteiger partial charge in [-0.2, -0.15) is 0 Å². The van der Waals surface area contributed by atoms with Gasteiger partial charge in [0.15, 0.2) is 0 Å². The van der Waals surface area contributed by atoms with Crippen molar-refractivity contribution in [1.82, 2.24) is 0 Å². The average Bonchev–Trinajstić information content (AvgIpc) is 2.58. The van der Waals surface area contributed by atoms with Gasteiger partial charge in [0.2, 0.25) is 0 Å². The molecule has 0 saturated heterocycles. The van der Waals surface area contributed by atoms with Gasteiger partial charge in [-0.3, -0.25) is 0 Å². The Morgan fingerprint density at radius 3 is 2.16 bits per heavy atom. The van der Waals surface area contributed by atoms with Gasteiger partial charge in [-0.05, 0) is 51.4 Å². The second-order valence-electron chi connectivity index (χ2n) is 7.46. The fourth-order valence-electron chi connectivity index (χ4n) is 3.52. The third-order valence-corrected chi connectivity index (χ3v) is 5.03. The van der Waals surface area contributed by atoms with Crippen LogP contribution in [0.2, 0.25) is 0 Å². The van der Waals surface area contributed by atoms with E-state index in [4.69, 9.17) is 0 Å². The predicted molar refractivity (Wildman–Crippen MR) is 103 cm³/mol. The minimum Gasteiger partial charge on any atom is -0.550 e. The highest BCUT2D eigenvalue weighted by atomic mass is 16.4. The average molecular weight is 356 g/mol. The Labute approximate surface area is 155 Å². The molecule has 148 valence electrons. The molecule has 1 atom stereocenters. The van der Waals surface area contributed by atoms with Crippen LogP contribution >= 0.6 is 0 Å². The van der Waals surface area contributed by atoms with Crippen molar-refractivity contribution in [1.29, 1.82) is 0 Å². The van der Waals surface area contributed by atoms with E-state index >= 15 is 0 Å². The lowest BCUT2D eigenvalue weighted by Crippen LogP contribution is -2.54. The molecular weight excluding hydrogens is 314 g/mol. The van der Waals surface area contributed by atoms with Gasteiger partial charge in [0.1, 0.15) is 12.6 Å². The summed E-state index contributed by atoms with van der Waals surface area (Å²) in [4.78, 5) is 10.7. The van der Waals surface area contributed by atoms with Crippen LogP contribution in [0.15, 0.2) is 12.7 Å². The van der Waals surface area contributed by atoms with Crippen LogP contribution in [0.4, 0.5) is 0 Å². The smallest absolute Gasteiger partial charge is 0.105 e. The molecule has 0 bridgehead atoms. The molecule has 0 heterocycles. The van der Waals surface area contributed by atoms with E-state index in [1.165, 1.54) is 0 Å². The van der Waals surface area contributed by atoms with Gasteiger partial charge in [0, 0.05) is 5.97 Å². The number of rotatable bonds is 18. The van der Waals surface area contributed by atoms with Crippen LogP contribution in [0.25, 0.3) is 0 Å². The Hall–Kier alpha value is -0.870. The van der Waals surface area contributed by atoms with Crippen molar-refractivity contribution in [3.8, 4) is 0 Å². The number of carboxylic acids is 1. The largest absolute Gasteiger partial charge is 0.550 e. The number of unbranched alkanes of at least 4 members (excludes halogenated alkanes) is 5. The number of nitrogens with zero attached hydrogens (tertiary/aromatic N) is 1. The third-order valence-electron chi connectivity index (χ3n) is 5.03. The molecule has 0 rings (SSSR count). The molecule has 0 radical (unpaired) electrons. The summed E-state index contributed by atoms with van der Waals surface area (Å²) in [6, 6.07) is 0. The van der Waals surface area contributed by atoms with E-state index in [0.717, 1.165) is 88.4 Å². The van der Waals surface area contributed by atoms with Crippen LogP contribution in [-0.2, 0) is 4.79 Å². The van der Waals surface area contributed by atoms with Crippen LogP contribution in [0.1, 0.15) is 84.5 Å². The van der Waals surface area contributed by atoms with Gasteiger partial charge >= 0.3 is 0 Å². The molecule has 0 saturated carbocycles. The zero-order valence-corrected chi connectivity index (χ0v) is 16.7. The van der Waals surface area contributed by atoms with Gasteiger partial charge in [-0.15, -0.1) is 6.58 Å². The molecule has 25 heavy (non-hydrogen) atoms. The van der Waals surface area contributed by atoms with Gasteiger partial charge in [-0.25, -0.2) is 0 Å². The summed E-state index contributed by atoms with van der Waals surface area (Å²) in [5.41, 5.74) is 0. The molecule has 4 nitrogen and oxygen atoms in total. The van der Waals surface area contributed by atoms with E-state index in [-0.39, 0.29) is 12.5 Å². The number of hydrogen-bond acceptors (Lipinski definition) is 3. The molecule has 1 N–H and O–H groups in total. The van der Waals surface area contributed by atoms with E-state index in [9.17, 15) is 15.0 Å². The Kier molecular flexibility index (Phi) is 14.9. The number of aliphatic hydroxyl groups is 1. The summed E-state index contributed by atoms with van der Waals surface area (Å²) in [5, 5.41) is 21.2. The van der Waals surface area contributed by atoms with E-state index < -0.39 is 5.97 Å². The monoisotopic (exact) mass is 355 g/mol. The number of carbonyl (C=O) groups excluding carboxylic acids is 1. The van der Waals surface area contributed by atoms with Crippen molar-refractivity contribution < 1.29 is 19.5 Å². The molecule has 0 aromatic heterocycles. The van der Waals surface area contributed by atoms with Crippen LogP contribution < -0.4 is 5.11 Å². The molecular formula is C21H41NO3. The summed E-state index contributed by atoms with van der Waals surface area (Å²) >= 11 is 0. The first kappa shape index (κ1) is 24.1.